The smallest absolute Gasteiger partial charge is 0.171 e. The number of hydrogen-bond donors (Lipinski definition) is 1. The van der Waals surface area contributed by atoms with Crippen LogP contribution in [-0.4, -0.2) is 51.6 Å². The van der Waals surface area contributed by atoms with E-state index in [9.17, 15) is 0 Å². The predicted octanol–water partition coefficient (Wildman–Crippen LogP) is 1.86. The van der Waals surface area contributed by atoms with Gasteiger partial charge in [-0.3, -0.25) is 4.90 Å². The largest absolute Gasteiger partial charge is 0.381 e. The highest BCUT2D eigenvalue weighted by molar-refractivity contribution is 5.57. The lowest BCUT2D eigenvalue weighted by atomic mass is 9.93. The number of aryl methyl sites for hydroxylation is 1. The average Bonchev–Trinajstić information content (AvgIpc) is 2.66. The Morgan fingerprint density at radius 3 is 2.85 bits per heavy atom. The fourth-order valence-corrected chi connectivity index (χ4v) is 3.94. The molecule has 1 unspecified atom stereocenters. The summed E-state index contributed by atoms with van der Waals surface area (Å²) in [6, 6.07) is 4.84. The maximum atomic E-state index is 6.01. The Kier molecular flexibility index (Phi) is 4.72. The van der Waals surface area contributed by atoms with Crippen LogP contribution in [0.1, 0.15) is 30.5 Å². The van der Waals surface area contributed by atoms with Crippen molar-refractivity contribution in [2.75, 3.05) is 30.3 Å². The van der Waals surface area contributed by atoms with Gasteiger partial charge in [0.2, 0.25) is 0 Å². The Morgan fingerprint density at radius 1 is 1.12 bits per heavy atom. The third-order valence-corrected chi connectivity index (χ3v) is 5.23. The minimum Gasteiger partial charge on any atom is -0.381 e. The monoisotopic (exact) mass is 348 g/mol. The van der Waals surface area contributed by atoms with E-state index in [-0.39, 0.29) is 0 Å². The van der Waals surface area contributed by atoms with Crippen LogP contribution in [0.15, 0.2) is 30.7 Å². The van der Waals surface area contributed by atoms with Gasteiger partial charge in [-0.25, -0.2) is 15.0 Å². The zero-order chi connectivity index (χ0) is 17.9. The Labute approximate surface area is 154 Å². The summed E-state index contributed by atoms with van der Waals surface area (Å²) in [6.45, 7) is 4.88. The number of rotatable bonds is 1. The van der Waals surface area contributed by atoms with Crippen LogP contribution in [0.4, 0.5) is 11.6 Å². The molecule has 2 saturated heterocycles. The zero-order valence-corrected chi connectivity index (χ0v) is 15.1. The van der Waals surface area contributed by atoms with Crippen molar-refractivity contribution in [3.8, 4) is 11.8 Å². The van der Waals surface area contributed by atoms with E-state index in [1.165, 1.54) is 18.4 Å². The van der Waals surface area contributed by atoms with Gasteiger partial charge in [0.1, 0.15) is 5.69 Å². The summed E-state index contributed by atoms with van der Waals surface area (Å²) in [5.74, 6) is 8.08. The Morgan fingerprint density at radius 2 is 2.00 bits per heavy atom. The first-order valence-electron chi connectivity index (χ1n) is 9.22. The Hall–Kier alpha value is -2.65. The molecular formula is C20H24N6. The second kappa shape index (κ2) is 7.30. The molecule has 4 rings (SSSR count). The van der Waals surface area contributed by atoms with Crippen molar-refractivity contribution in [1.29, 1.82) is 0 Å². The van der Waals surface area contributed by atoms with E-state index in [1.807, 2.05) is 18.3 Å². The molecule has 134 valence electrons. The topological polar surface area (TPSA) is 71.2 Å². The molecule has 2 aromatic rings. The number of piperidine rings is 1. The molecule has 26 heavy (non-hydrogen) atoms. The van der Waals surface area contributed by atoms with Crippen LogP contribution in [0.25, 0.3) is 0 Å². The van der Waals surface area contributed by atoms with Gasteiger partial charge in [-0.1, -0.05) is 5.92 Å². The van der Waals surface area contributed by atoms with Crippen LogP contribution < -0.4 is 10.6 Å². The third-order valence-electron chi connectivity index (χ3n) is 5.23. The van der Waals surface area contributed by atoms with Crippen LogP contribution in [0, 0.1) is 18.8 Å². The molecule has 4 heterocycles. The molecular weight excluding hydrogens is 324 g/mol. The van der Waals surface area contributed by atoms with Crippen molar-refractivity contribution in [1.82, 2.24) is 19.9 Å². The number of nitrogens with zero attached hydrogens (tertiary/aromatic N) is 5. The Balaban J connectivity index is 1.48. The van der Waals surface area contributed by atoms with Gasteiger partial charge in [-0.15, -0.1) is 0 Å². The number of nitrogens with two attached hydrogens (primary N) is 1. The van der Waals surface area contributed by atoms with E-state index in [0.717, 1.165) is 37.6 Å². The number of pyridine rings is 1. The van der Waals surface area contributed by atoms with Crippen LogP contribution >= 0.6 is 0 Å². The average molecular weight is 348 g/mol. The first-order valence-corrected chi connectivity index (χ1v) is 9.22. The molecule has 0 radical (unpaired) electrons. The van der Waals surface area contributed by atoms with Gasteiger partial charge in [-0.05, 0) is 49.8 Å². The number of fused-ring (bicyclic) bond motifs is 1. The molecule has 0 aliphatic carbocycles. The highest BCUT2D eigenvalue weighted by Gasteiger charge is 2.35. The van der Waals surface area contributed by atoms with E-state index in [2.05, 4.69) is 43.5 Å². The molecule has 0 aromatic carbocycles. The normalized spacial score (nSPS) is 23.0. The van der Waals surface area contributed by atoms with Crippen LogP contribution in [-0.2, 0) is 0 Å². The second-order valence-corrected chi connectivity index (χ2v) is 7.04. The van der Waals surface area contributed by atoms with Crippen molar-refractivity contribution in [3.05, 3.63) is 42.0 Å². The van der Waals surface area contributed by atoms with E-state index in [1.54, 1.807) is 12.4 Å². The molecule has 6 nitrogen and oxygen atoms in total. The highest BCUT2D eigenvalue weighted by atomic mass is 15.3. The number of hydrogen-bond acceptors (Lipinski definition) is 6. The minimum absolute atomic E-state index is 0.303. The zero-order valence-electron chi connectivity index (χ0n) is 15.1. The van der Waals surface area contributed by atoms with Crippen molar-refractivity contribution in [3.63, 3.8) is 0 Å². The van der Waals surface area contributed by atoms with E-state index >= 15 is 0 Å². The SMILES string of the molecule is Cc1ccnc(C#CC2CCC[C@H]3CN(c4nccnc4N)CCN23)c1. The molecule has 0 amide bonds. The lowest BCUT2D eigenvalue weighted by Gasteiger charge is -2.47. The molecule has 0 spiro atoms. The first-order chi connectivity index (χ1) is 12.7. The van der Waals surface area contributed by atoms with Crippen molar-refractivity contribution >= 4 is 11.6 Å². The van der Waals surface area contributed by atoms with Gasteiger partial charge in [0.05, 0.1) is 6.04 Å². The van der Waals surface area contributed by atoms with Crippen molar-refractivity contribution in [2.24, 2.45) is 0 Å². The summed E-state index contributed by atoms with van der Waals surface area (Å²) >= 11 is 0. The van der Waals surface area contributed by atoms with Gasteiger partial charge in [0.25, 0.3) is 0 Å². The summed E-state index contributed by atoms with van der Waals surface area (Å²) in [5.41, 5.74) is 8.07. The summed E-state index contributed by atoms with van der Waals surface area (Å²) in [5, 5.41) is 0. The summed E-state index contributed by atoms with van der Waals surface area (Å²) < 4.78 is 0. The van der Waals surface area contributed by atoms with Gasteiger partial charge in [0, 0.05) is 44.3 Å². The number of nitrogen functional groups attached to an aromatic ring is 1. The maximum Gasteiger partial charge on any atom is 0.171 e. The fraction of sp³-hybridized carbons (Fsp3) is 0.450. The molecule has 2 N–H and O–H groups in total. The van der Waals surface area contributed by atoms with Crippen molar-refractivity contribution in [2.45, 2.75) is 38.3 Å². The quantitative estimate of drug-likeness (QED) is 0.793. The molecule has 2 aliphatic rings. The molecule has 2 aliphatic heterocycles. The predicted molar refractivity (Wildman–Crippen MR) is 103 cm³/mol. The minimum atomic E-state index is 0.303. The lowest BCUT2D eigenvalue weighted by Crippen LogP contribution is -2.58. The first kappa shape index (κ1) is 16.8. The van der Waals surface area contributed by atoms with E-state index < -0.39 is 0 Å². The molecule has 2 atom stereocenters. The molecule has 2 aromatic heterocycles. The van der Waals surface area contributed by atoms with Crippen molar-refractivity contribution < 1.29 is 0 Å². The number of aromatic nitrogens is 3. The lowest BCUT2D eigenvalue weighted by molar-refractivity contribution is 0.100. The molecule has 0 bridgehead atoms. The van der Waals surface area contributed by atoms with E-state index in [0.29, 0.717) is 17.9 Å². The molecule has 0 saturated carbocycles. The van der Waals surface area contributed by atoms with Gasteiger partial charge < -0.3 is 10.6 Å². The Bertz CT molecular complexity index is 839. The standard InChI is InChI=1S/C20H24N6/c1-15-7-8-22-16(13-15)5-6-17-3-2-4-18-14-25(11-12-26(17)18)20-19(21)23-9-10-24-20/h7-10,13,17-18H,2-4,11-12,14H2,1H3,(H2,21,23)/t17?,18-/m0/s1. The summed E-state index contributed by atoms with van der Waals surface area (Å²) in [7, 11) is 0. The molecule has 2 fully saturated rings. The maximum absolute atomic E-state index is 6.01. The van der Waals surface area contributed by atoms with Gasteiger partial charge in [-0.2, -0.15) is 0 Å². The van der Waals surface area contributed by atoms with Crippen LogP contribution in [0.3, 0.4) is 0 Å². The van der Waals surface area contributed by atoms with Gasteiger partial charge >= 0.3 is 0 Å². The second-order valence-electron chi connectivity index (χ2n) is 7.04. The molecule has 6 heteroatoms. The highest BCUT2D eigenvalue weighted by Crippen LogP contribution is 2.29. The third kappa shape index (κ3) is 3.49. The summed E-state index contributed by atoms with van der Waals surface area (Å²) in [4.78, 5) is 17.8. The fourth-order valence-electron chi connectivity index (χ4n) is 3.94. The van der Waals surface area contributed by atoms with Crippen LogP contribution in [0.5, 0.6) is 0 Å². The van der Waals surface area contributed by atoms with Crippen LogP contribution in [0.2, 0.25) is 0 Å². The number of piperazine rings is 1. The van der Waals surface area contributed by atoms with E-state index in [4.69, 9.17) is 5.73 Å². The summed E-state index contributed by atoms with van der Waals surface area (Å²) in [6.07, 6.45) is 8.70. The number of anilines is 2. The van der Waals surface area contributed by atoms with Gasteiger partial charge in [0.15, 0.2) is 11.6 Å².